The minimum absolute atomic E-state index is 0.0314. The molecule has 0 spiro atoms. The highest BCUT2D eigenvalue weighted by Crippen LogP contribution is 2.67. The molecule has 41 heavy (non-hydrogen) atoms. The summed E-state index contributed by atoms with van der Waals surface area (Å²) in [6.07, 6.45) is 15.5. The summed E-state index contributed by atoms with van der Waals surface area (Å²) >= 11 is 0. The van der Waals surface area contributed by atoms with Crippen molar-refractivity contribution in [2.75, 3.05) is 0 Å². The first kappa shape index (κ1) is 31.1. The molecule has 0 saturated heterocycles. The molecule has 0 fully saturated rings. The van der Waals surface area contributed by atoms with Gasteiger partial charge in [-0.25, -0.2) is 0 Å². The van der Waals surface area contributed by atoms with E-state index in [9.17, 15) is 0 Å². The molecule has 0 bridgehead atoms. The zero-order chi connectivity index (χ0) is 29.7. The van der Waals surface area contributed by atoms with Crippen LogP contribution in [0.1, 0.15) is 114 Å². The van der Waals surface area contributed by atoms with E-state index in [1.54, 1.807) is 0 Å². The topological polar surface area (TPSA) is 0 Å². The molecule has 1 aliphatic rings. The first-order valence-electron chi connectivity index (χ1n) is 16.3. The average molecular weight is 547 g/mol. The molecule has 0 saturated carbocycles. The molecule has 0 nitrogen and oxygen atoms in total. The fraction of sp³-hybridized carbons (Fsp3) is 0.463. The third kappa shape index (κ3) is 5.77. The van der Waals surface area contributed by atoms with Crippen LogP contribution in [0.15, 0.2) is 91.0 Å². The molecule has 0 radical (unpaired) electrons. The zero-order valence-corrected chi connectivity index (χ0v) is 27.1. The van der Waals surface area contributed by atoms with Crippen LogP contribution in [-0.2, 0) is 5.41 Å². The maximum absolute atomic E-state index is 2.63. The molecule has 3 aromatic carbocycles. The lowest BCUT2D eigenvalue weighted by molar-refractivity contribution is 0.0214. The van der Waals surface area contributed by atoms with Gasteiger partial charge in [0.1, 0.15) is 0 Å². The number of aryl methyl sites for hydroxylation is 1. The Morgan fingerprint density at radius 3 is 1.83 bits per heavy atom. The van der Waals surface area contributed by atoms with Gasteiger partial charge in [-0.1, -0.05) is 183 Å². The van der Waals surface area contributed by atoms with Gasteiger partial charge in [-0.3, -0.25) is 0 Å². The number of hydrogen-bond acceptors (Lipinski definition) is 0. The highest BCUT2D eigenvalue weighted by Gasteiger charge is 2.61. The monoisotopic (exact) mass is 546 g/mol. The molecule has 0 heterocycles. The molecule has 3 aromatic rings. The molecule has 218 valence electrons. The molecule has 0 aliphatic heterocycles. The van der Waals surface area contributed by atoms with Crippen LogP contribution in [-0.4, -0.2) is 0 Å². The first-order chi connectivity index (χ1) is 19.7. The minimum atomic E-state index is -0.0314. The molecular formula is C41H54. The first-order valence-corrected chi connectivity index (χ1v) is 16.3. The number of benzene rings is 3. The predicted molar refractivity (Wildman–Crippen MR) is 181 cm³/mol. The van der Waals surface area contributed by atoms with E-state index < -0.39 is 0 Å². The van der Waals surface area contributed by atoms with Gasteiger partial charge in [-0.15, -0.1) is 0 Å². The van der Waals surface area contributed by atoms with E-state index in [4.69, 9.17) is 0 Å². The van der Waals surface area contributed by atoms with E-state index in [1.807, 2.05) is 0 Å². The smallest absolute Gasteiger partial charge is 0.0152 e. The van der Waals surface area contributed by atoms with Crippen molar-refractivity contribution in [3.63, 3.8) is 0 Å². The second-order valence-corrected chi connectivity index (χ2v) is 13.3. The van der Waals surface area contributed by atoms with Crippen molar-refractivity contribution in [3.8, 4) is 0 Å². The summed E-state index contributed by atoms with van der Waals surface area (Å²) in [5.41, 5.74) is 6.97. The molecule has 0 aromatic heterocycles. The van der Waals surface area contributed by atoms with Crippen LogP contribution in [0.2, 0.25) is 0 Å². The largest absolute Gasteiger partial charge is 0.0870 e. The summed E-state index contributed by atoms with van der Waals surface area (Å²) in [5, 5.41) is 0. The van der Waals surface area contributed by atoms with Crippen LogP contribution in [0, 0.1) is 29.6 Å². The van der Waals surface area contributed by atoms with Crippen molar-refractivity contribution in [1.82, 2.24) is 0 Å². The summed E-state index contributed by atoms with van der Waals surface area (Å²) in [5.74, 6) is 1.67. The Morgan fingerprint density at radius 1 is 0.780 bits per heavy atom. The minimum Gasteiger partial charge on any atom is -0.0870 e. The van der Waals surface area contributed by atoms with Crippen LogP contribution >= 0.6 is 0 Å². The molecule has 0 amide bonds. The number of allylic oxidation sites excluding steroid dienone is 2. The van der Waals surface area contributed by atoms with Gasteiger partial charge in [0.15, 0.2) is 0 Å². The lowest BCUT2D eigenvalue weighted by Crippen LogP contribution is -2.53. The molecule has 1 aliphatic carbocycles. The van der Waals surface area contributed by atoms with E-state index in [0.29, 0.717) is 17.8 Å². The fourth-order valence-corrected chi connectivity index (χ4v) is 8.27. The zero-order valence-electron chi connectivity index (χ0n) is 27.1. The summed E-state index contributed by atoms with van der Waals surface area (Å²) in [6, 6.07) is 29.9. The molecule has 2 unspecified atom stereocenters. The summed E-state index contributed by atoms with van der Waals surface area (Å²) in [4.78, 5) is 0. The van der Waals surface area contributed by atoms with Gasteiger partial charge in [0.2, 0.25) is 0 Å². The van der Waals surface area contributed by atoms with Crippen LogP contribution < -0.4 is 0 Å². The molecular weight excluding hydrogens is 492 g/mol. The third-order valence-electron chi connectivity index (χ3n) is 11.5. The van der Waals surface area contributed by atoms with Gasteiger partial charge in [-0.05, 0) is 58.3 Å². The van der Waals surface area contributed by atoms with E-state index in [1.165, 1.54) is 40.7 Å². The van der Waals surface area contributed by atoms with Crippen LogP contribution in [0.3, 0.4) is 0 Å². The number of hydrogen-bond donors (Lipinski definition) is 0. The molecule has 4 rings (SSSR count). The van der Waals surface area contributed by atoms with Gasteiger partial charge in [0, 0.05) is 11.3 Å². The van der Waals surface area contributed by atoms with Crippen LogP contribution in [0.5, 0.6) is 0 Å². The lowest BCUT2D eigenvalue weighted by Gasteiger charge is -2.58. The van der Waals surface area contributed by atoms with Crippen molar-refractivity contribution in [1.29, 1.82) is 0 Å². The Morgan fingerprint density at radius 2 is 1.32 bits per heavy atom. The maximum atomic E-state index is 2.63. The second kappa shape index (κ2) is 13.0. The van der Waals surface area contributed by atoms with Gasteiger partial charge in [-0.2, -0.15) is 0 Å². The van der Waals surface area contributed by atoms with E-state index in [0.717, 1.165) is 19.3 Å². The lowest BCUT2D eigenvalue weighted by atomic mass is 9.45. The van der Waals surface area contributed by atoms with Crippen molar-refractivity contribution >= 4 is 12.2 Å². The summed E-state index contributed by atoms with van der Waals surface area (Å²) < 4.78 is 0. The Kier molecular flexibility index (Phi) is 9.84. The van der Waals surface area contributed by atoms with Crippen molar-refractivity contribution in [2.45, 2.75) is 98.8 Å². The molecule has 0 N–H and O–H groups in total. The Bertz CT molecular complexity index is 1280. The van der Waals surface area contributed by atoms with E-state index in [-0.39, 0.29) is 16.2 Å². The highest BCUT2D eigenvalue weighted by atomic mass is 14.6. The Balaban J connectivity index is 1.91. The van der Waals surface area contributed by atoms with Crippen molar-refractivity contribution < 1.29 is 0 Å². The molecule has 4 atom stereocenters. The highest BCUT2D eigenvalue weighted by molar-refractivity contribution is 5.70. The van der Waals surface area contributed by atoms with Crippen LogP contribution in [0.25, 0.3) is 12.2 Å². The second-order valence-electron chi connectivity index (χ2n) is 13.3. The van der Waals surface area contributed by atoms with E-state index >= 15 is 0 Å². The van der Waals surface area contributed by atoms with Crippen LogP contribution in [0.4, 0.5) is 0 Å². The average Bonchev–Trinajstić information content (AvgIpc) is 3.36. The quantitative estimate of drug-likeness (QED) is 0.156. The van der Waals surface area contributed by atoms with Gasteiger partial charge in [0.25, 0.3) is 0 Å². The van der Waals surface area contributed by atoms with Gasteiger partial charge < -0.3 is 0 Å². The summed E-state index contributed by atoms with van der Waals surface area (Å²) in [6.45, 7) is 19.5. The standard InChI is InChI=1S/C41H54/c1-9-35(10-2)32(6)40(8)29-16-30-41(40,38(39(7,11-3)12-4)36-17-14-13-15-18-36)37-27-25-34(26-28-37)24-23-33-21-19-31(5)20-22-33/h13-29,32,35,38H,9-12,30H2,1-8H3/b24-23+/t32-,38?,40+,41?/m1/s1. The fourth-order valence-electron chi connectivity index (χ4n) is 8.27. The van der Waals surface area contributed by atoms with Crippen molar-refractivity contribution in [2.24, 2.45) is 22.7 Å². The Labute approximate surface area is 252 Å². The van der Waals surface area contributed by atoms with Gasteiger partial charge >= 0.3 is 0 Å². The number of rotatable bonds is 12. The SMILES string of the molecule is CCC(CC)[C@@H](C)[C@]1(C)C=CCC1(c1ccc(/C=C/c2ccc(C)cc2)cc1)C(c1ccccc1)C(C)(CC)CC. The molecule has 0 heteroatoms. The van der Waals surface area contributed by atoms with Gasteiger partial charge in [0.05, 0.1) is 0 Å². The predicted octanol–water partition coefficient (Wildman–Crippen LogP) is 12.1. The normalized spacial score (nSPS) is 22.5. The maximum Gasteiger partial charge on any atom is 0.0152 e. The summed E-state index contributed by atoms with van der Waals surface area (Å²) in [7, 11) is 0. The Hall–Kier alpha value is -2.86. The van der Waals surface area contributed by atoms with Crippen molar-refractivity contribution in [3.05, 3.63) is 119 Å². The van der Waals surface area contributed by atoms with E-state index in [2.05, 4.69) is 159 Å². The third-order valence-corrected chi connectivity index (χ3v) is 11.5.